The second-order valence-electron chi connectivity index (χ2n) is 7.51. The van der Waals surface area contributed by atoms with Gasteiger partial charge in [-0.2, -0.15) is 18.3 Å². The Morgan fingerprint density at radius 3 is 2.62 bits per heavy atom. The number of carbonyl (C=O) groups is 1. The highest BCUT2D eigenvalue weighted by atomic mass is 19.4. The number of pyridine rings is 2. The summed E-state index contributed by atoms with van der Waals surface area (Å²) in [6.07, 6.45) is 0.373. The lowest BCUT2D eigenvalue weighted by Crippen LogP contribution is -2.35. The van der Waals surface area contributed by atoms with Crippen LogP contribution in [0.5, 0.6) is 0 Å². The Labute approximate surface area is 191 Å². The molecule has 0 saturated carbocycles. The third-order valence-corrected chi connectivity index (χ3v) is 5.02. The van der Waals surface area contributed by atoms with Gasteiger partial charge in [0.05, 0.1) is 23.1 Å². The molecule has 0 aromatic carbocycles. The Morgan fingerprint density at radius 2 is 1.97 bits per heavy atom. The fraction of sp³-hybridized carbons (Fsp3) is 0.238. The second kappa shape index (κ2) is 8.92. The number of nitrogens with zero attached hydrogens (tertiary/aromatic N) is 6. The normalized spacial score (nSPS) is 11.5. The first-order valence-corrected chi connectivity index (χ1v) is 10.0. The van der Waals surface area contributed by atoms with Crippen LogP contribution in [0.1, 0.15) is 22.6 Å². The van der Waals surface area contributed by atoms with E-state index in [-0.39, 0.29) is 18.1 Å². The summed E-state index contributed by atoms with van der Waals surface area (Å²) < 4.78 is 46.6. The molecule has 4 rings (SSSR count). The number of urea groups is 1. The first kappa shape index (κ1) is 22.9. The number of nitrogens with one attached hydrogen (secondary N) is 2. The van der Waals surface area contributed by atoms with Crippen LogP contribution in [0.25, 0.3) is 11.1 Å². The molecule has 34 heavy (non-hydrogen) atoms. The minimum Gasteiger partial charge on any atom is -0.306 e. The second-order valence-corrected chi connectivity index (χ2v) is 7.51. The number of hydrogen-bond acceptors (Lipinski definition) is 6. The molecule has 0 atom stereocenters. The van der Waals surface area contributed by atoms with Crippen molar-refractivity contribution in [3.05, 3.63) is 65.6 Å². The summed E-state index contributed by atoms with van der Waals surface area (Å²) in [6.45, 7) is 4.20. The quantitative estimate of drug-likeness (QED) is 0.429. The first-order valence-electron chi connectivity index (χ1n) is 10.0. The number of hydrogen-bond donors (Lipinski definition) is 2. The van der Waals surface area contributed by atoms with Gasteiger partial charge in [0.25, 0.3) is 6.20 Å². The lowest BCUT2D eigenvalue weighted by molar-refractivity contribution is -0.755. The summed E-state index contributed by atoms with van der Waals surface area (Å²) in [6, 6.07) is 3.75. The van der Waals surface area contributed by atoms with Crippen molar-refractivity contribution in [3.8, 4) is 11.1 Å². The standard InChI is InChI=1S/C21H19F3N8O2/c1-12-19(13(2)31(3)29-12)14-4-5-16(26-7-14)10-32-11-18(34-30-32)28-20(33)27-17-6-15(8-25-9-17)21(22,23)24/h4-9,11H,10H2,1-3H3,(H-,27,28,30,33)/p+1. The first-order chi connectivity index (χ1) is 16.1. The Hall–Kier alpha value is -4.29. The summed E-state index contributed by atoms with van der Waals surface area (Å²) >= 11 is 0. The maximum atomic E-state index is 12.8. The van der Waals surface area contributed by atoms with E-state index in [1.165, 1.54) is 10.9 Å². The number of halogens is 3. The molecule has 0 saturated heterocycles. The molecule has 0 bridgehead atoms. The number of carbonyl (C=O) groups excluding carboxylic acids is 1. The van der Waals surface area contributed by atoms with Crippen molar-refractivity contribution in [1.29, 1.82) is 0 Å². The smallest absolute Gasteiger partial charge is 0.306 e. The summed E-state index contributed by atoms with van der Waals surface area (Å²) in [4.78, 5) is 20.0. The van der Waals surface area contributed by atoms with Crippen LogP contribution in [0, 0.1) is 13.8 Å². The van der Waals surface area contributed by atoms with Crippen LogP contribution in [0.4, 0.5) is 29.5 Å². The van der Waals surface area contributed by atoms with Gasteiger partial charge in [-0.15, -0.1) is 0 Å². The third kappa shape index (κ3) is 5.03. The zero-order valence-corrected chi connectivity index (χ0v) is 18.4. The Balaban J connectivity index is 1.38. The highest BCUT2D eigenvalue weighted by Gasteiger charge is 2.31. The predicted molar refractivity (Wildman–Crippen MR) is 114 cm³/mol. The van der Waals surface area contributed by atoms with E-state index in [9.17, 15) is 18.0 Å². The number of amides is 2. The number of anilines is 2. The number of aryl methyl sites for hydroxylation is 2. The lowest BCUT2D eigenvalue weighted by Gasteiger charge is -2.08. The molecule has 0 unspecified atom stereocenters. The van der Waals surface area contributed by atoms with Crippen molar-refractivity contribution in [2.75, 3.05) is 10.6 Å². The minimum atomic E-state index is -4.57. The number of alkyl halides is 3. The van der Waals surface area contributed by atoms with Gasteiger partial charge in [-0.05, 0) is 30.7 Å². The Bertz CT molecular complexity index is 1330. The molecule has 13 heteroatoms. The molecule has 2 amide bonds. The van der Waals surface area contributed by atoms with Gasteiger partial charge in [-0.25, -0.2) is 4.79 Å². The molecule has 4 aromatic heterocycles. The highest BCUT2D eigenvalue weighted by Crippen LogP contribution is 2.30. The van der Waals surface area contributed by atoms with E-state index in [1.54, 1.807) is 6.20 Å². The molecule has 0 aliphatic rings. The van der Waals surface area contributed by atoms with Crippen LogP contribution >= 0.6 is 0 Å². The van der Waals surface area contributed by atoms with Crippen LogP contribution < -0.4 is 15.3 Å². The van der Waals surface area contributed by atoms with E-state index in [0.29, 0.717) is 11.9 Å². The van der Waals surface area contributed by atoms with E-state index in [1.807, 2.05) is 37.7 Å². The van der Waals surface area contributed by atoms with E-state index in [4.69, 9.17) is 4.52 Å². The summed E-state index contributed by atoms with van der Waals surface area (Å²) in [5, 5.41) is 12.9. The van der Waals surface area contributed by atoms with Crippen molar-refractivity contribution >= 4 is 17.6 Å². The fourth-order valence-electron chi connectivity index (χ4n) is 3.37. The van der Waals surface area contributed by atoms with Crippen molar-refractivity contribution in [2.45, 2.75) is 26.6 Å². The van der Waals surface area contributed by atoms with Gasteiger partial charge in [0.2, 0.25) is 11.8 Å². The molecule has 0 radical (unpaired) electrons. The van der Waals surface area contributed by atoms with Gasteiger partial charge in [-0.3, -0.25) is 24.5 Å². The number of aromatic nitrogens is 6. The molecule has 10 nitrogen and oxygen atoms in total. The molecule has 0 aliphatic carbocycles. The summed E-state index contributed by atoms with van der Waals surface area (Å²) in [5.41, 5.74) is 3.53. The van der Waals surface area contributed by atoms with Crippen molar-refractivity contribution in [3.63, 3.8) is 0 Å². The van der Waals surface area contributed by atoms with Crippen LogP contribution in [-0.4, -0.2) is 31.1 Å². The van der Waals surface area contributed by atoms with Crippen LogP contribution in [-0.2, 0) is 19.8 Å². The summed E-state index contributed by atoms with van der Waals surface area (Å²) in [7, 11) is 1.89. The zero-order chi connectivity index (χ0) is 24.5. The average Bonchev–Trinajstić information content (AvgIpc) is 3.31. The number of rotatable bonds is 5. The highest BCUT2D eigenvalue weighted by molar-refractivity contribution is 5.98. The maximum Gasteiger partial charge on any atom is 0.417 e. The Kier molecular flexibility index (Phi) is 6.01. The maximum absolute atomic E-state index is 12.8. The van der Waals surface area contributed by atoms with E-state index >= 15 is 0 Å². The summed E-state index contributed by atoms with van der Waals surface area (Å²) in [5.74, 6) is -0.00401. The molecular weight excluding hydrogens is 453 g/mol. The topological polar surface area (TPSA) is 115 Å². The molecule has 4 heterocycles. The van der Waals surface area contributed by atoms with Gasteiger partial charge in [-0.1, -0.05) is 6.07 Å². The Morgan fingerprint density at radius 1 is 1.18 bits per heavy atom. The van der Waals surface area contributed by atoms with Crippen molar-refractivity contribution < 1.29 is 27.2 Å². The van der Waals surface area contributed by atoms with Gasteiger partial charge >= 0.3 is 18.1 Å². The molecule has 4 aromatic rings. The van der Waals surface area contributed by atoms with Crippen LogP contribution in [0.3, 0.4) is 0 Å². The van der Waals surface area contributed by atoms with E-state index in [0.717, 1.165) is 34.8 Å². The molecule has 2 N–H and O–H groups in total. The molecule has 0 spiro atoms. The van der Waals surface area contributed by atoms with Gasteiger partial charge in [0.15, 0.2) is 0 Å². The van der Waals surface area contributed by atoms with Gasteiger partial charge in [0.1, 0.15) is 5.69 Å². The van der Waals surface area contributed by atoms with E-state index < -0.39 is 17.8 Å². The fourth-order valence-corrected chi connectivity index (χ4v) is 3.37. The average molecular weight is 473 g/mol. The van der Waals surface area contributed by atoms with Crippen LogP contribution in [0.2, 0.25) is 0 Å². The van der Waals surface area contributed by atoms with Gasteiger partial charge in [0, 0.05) is 36.3 Å². The monoisotopic (exact) mass is 473 g/mol. The van der Waals surface area contributed by atoms with E-state index in [2.05, 4.69) is 31.0 Å². The molecular formula is C21H20F3N8O2+. The minimum absolute atomic E-state index is 0.00401. The SMILES string of the molecule is Cc1nn(C)c(C)c1-c1ccc(C[n+]2cc(NC(=O)Nc3cncc(C(F)(F)F)c3)on2)nc1. The molecule has 176 valence electrons. The van der Waals surface area contributed by atoms with Crippen LogP contribution in [0.15, 0.2) is 47.5 Å². The molecule has 0 fully saturated rings. The zero-order valence-electron chi connectivity index (χ0n) is 18.4. The predicted octanol–water partition coefficient (Wildman–Crippen LogP) is 3.48. The van der Waals surface area contributed by atoms with Gasteiger partial charge < -0.3 is 5.32 Å². The van der Waals surface area contributed by atoms with Crippen molar-refractivity contribution in [2.24, 2.45) is 7.05 Å². The lowest BCUT2D eigenvalue weighted by atomic mass is 10.1. The largest absolute Gasteiger partial charge is 0.417 e. The molecule has 0 aliphatic heterocycles. The third-order valence-electron chi connectivity index (χ3n) is 5.02. The van der Waals surface area contributed by atoms with Crippen molar-refractivity contribution in [1.82, 2.24) is 25.0 Å².